The molecule has 1 aliphatic carbocycles. The Morgan fingerprint density at radius 3 is 2.76 bits per heavy atom. The largest absolute Gasteiger partial charge is 0.468 e. The lowest BCUT2D eigenvalue weighted by molar-refractivity contribution is -0.119. The quantitative estimate of drug-likeness (QED) is 0.372. The number of hydrogen-bond donors (Lipinski definition) is 3. The van der Waals surface area contributed by atoms with Gasteiger partial charge in [0, 0.05) is 11.7 Å². The van der Waals surface area contributed by atoms with Crippen LogP contribution in [0.15, 0.2) is 69.0 Å². The first kappa shape index (κ1) is 25.1. The molecule has 1 atom stereocenters. The third-order valence-electron chi connectivity index (χ3n) is 6.55. The van der Waals surface area contributed by atoms with Gasteiger partial charge in [-0.25, -0.2) is 4.98 Å². The second-order valence-electron chi connectivity index (χ2n) is 9.10. The SMILES string of the molecule is CC1=C(C(=O)Nc2nc3ccccc3s2)[C@H](c2ccco2)C(C#N)=C(SCC(=O)NC2CCCCC2)N1. The number of furan rings is 1. The number of thiazole rings is 1. The maximum atomic E-state index is 13.5. The molecule has 8 nitrogen and oxygen atoms in total. The summed E-state index contributed by atoms with van der Waals surface area (Å²) in [5.41, 5.74) is 2.11. The Balaban J connectivity index is 1.37. The fraction of sp³-hybridized carbons (Fsp3) is 0.333. The number of hydrogen-bond acceptors (Lipinski definition) is 8. The molecule has 2 aromatic heterocycles. The second kappa shape index (κ2) is 11.2. The van der Waals surface area contributed by atoms with Gasteiger partial charge in [0.25, 0.3) is 5.91 Å². The summed E-state index contributed by atoms with van der Waals surface area (Å²) in [7, 11) is 0. The van der Waals surface area contributed by atoms with Gasteiger partial charge >= 0.3 is 0 Å². The van der Waals surface area contributed by atoms with Crippen molar-refractivity contribution in [1.82, 2.24) is 15.6 Å². The molecule has 2 amide bonds. The molecule has 0 saturated heterocycles. The number of para-hydroxylation sites is 1. The third kappa shape index (κ3) is 5.58. The molecule has 190 valence electrons. The number of nitriles is 1. The standard InChI is InChI=1S/C27H27N5O3S2/c1-16-23(25(34)32-27-31-19-10-5-6-12-21(19)37-27)24(20-11-7-13-35-20)18(14-28)26(29-16)36-15-22(33)30-17-8-3-2-4-9-17/h5-7,10-13,17,24,29H,2-4,8-9,15H2,1H3,(H,30,33)(H,31,32,34)/t24-/m0/s1. The summed E-state index contributed by atoms with van der Waals surface area (Å²) < 4.78 is 6.65. The molecular formula is C27H27N5O3S2. The summed E-state index contributed by atoms with van der Waals surface area (Å²) in [6.07, 6.45) is 7.04. The molecule has 37 heavy (non-hydrogen) atoms. The van der Waals surface area contributed by atoms with E-state index >= 15 is 0 Å². The van der Waals surface area contributed by atoms with E-state index in [1.54, 1.807) is 19.1 Å². The van der Waals surface area contributed by atoms with Crippen molar-refractivity contribution < 1.29 is 14.0 Å². The normalized spacial score (nSPS) is 18.4. The van der Waals surface area contributed by atoms with Crippen LogP contribution in [0, 0.1) is 11.3 Å². The summed E-state index contributed by atoms with van der Waals surface area (Å²) in [6, 6.07) is 13.6. The van der Waals surface area contributed by atoms with Gasteiger partial charge in [0.2, 0.25) is 5.91 Å². The molecule has 1 aliphatic heterocycles. The highest BCUT2D eigenvalue weighted by Crippen LogP contribution is 2.41. The van der Waals surface area contributed by atoms with Crippen LogP contribution in [0.3, 0.4) is 0 Å². The molecule has 1 aromatic carbocycles. The van der Waals surface area contributed by atoms with Gasteiger partial charge in [0.1, 0.15) is 5.76 Å². The first-order valence-electron chi connectivity index (χ1n) is 12.3. The molecule has 0 spiro atoms. The van der Waals surface area contributed by atoms with Crippen LogP contribution in [-0.4, -0.2) is 28.6 Å². The number of carbonyl (C=O) groups is 2. The average molecular weight is 534 g/mol. The third-order valence-corrected chi connectivity index (χ3v) is 8.52. The van der Waals surface area contributed by atoms with Crippen LogP contribution in [0.2, 0.25) is 0 Å². The number of nitrogens with zero attached hydrogens (tertiary/aromatic N) is 2. The topological polar surface area (TPSA) is 120 Å². The second-order valence-corrected chi connectivity index (χ2v) is 11.1. The Bertz CT molecular complexity index is 1380. The molecule has 0 bridgehead atoms. The fourth-order valence-corrected chi connectivity index (χ4v) is 6.58. The molecule has 5 rings (SSSR count). The Kier molecular flexibility index (Phi) is 7.63. The van der Waals surface area contributed by atoms with E-state index in [2.05, 4.69) is 27.0 Å². The number of rotatable bonds is 7. The zero-order chi connectivity index (χ0) is 25.8. The van der Waals surface area contributed by atoms with E-state index in [0.29, 0.717) is 32.8 Å². The van der Waals surface area contributed by atoms with Crippen molar-refractivity contribution in [2.45, 2.75) is 51.0 Å². The van der Waals surface area contributed by atoms with Crippen molar-refractivity contribution in [1.29, 1.82) is 5.26 Å². The zero-order valence-corrected chi connectivity index (χ0v) is 22.0. The van der Waals surface area contributed by atoms with Crippen LogP contribution >= 0.6 is 23.1 Å². The number of carbonyl (C=O) groups excluding carboxylic acids is 2. The molecule has 2 aliphatic rings. The van der Waals surface area contributed by atoms with Gasteiger partial charge in [-0.1, -0.05) is 54.5 Å². The van der Waals surface area contributed by atoms with E-state index in [-0.39, 0.29) is 23.6 Å². The van der Waals surface area contributed by atoms with Crippen LogP contribution in [0.4, 0.5) is 5.13 Å². The van der Waals surface area contributed by atoms with Crippen molar-refractivity contribution >= 4 is 50.3 Å². The van der Waals surface area contributed by atoms with Gasteiger partial charge in [-0.05, 0) is 44.0 Å². The number of amides is 2. The first-order chi connectivity index (χ1) is 18.0. The summed E-state index contributed by atoms with van der Waals surface area (Å²) in [4.78, 5) is 30.7. The van der Waals surface area contributed by atoms with Crippen molar-refractivity contribution in [2.24, 2.45) is 0 Å². The number of dihydropyridines is 1. The van der Waals surface area contributed by atoms with Gasteiger partial charge in [0.05, 0.1) is 50.4 Å². The Hall–Kier alpha value is -3.55. The molecule has 0 radical (unpaired) electrons. The van der Waals surface area contributed by atoms with E-state index in [4.69, 9.17) is 4.42 Å². The van der Waals surface area contributed by atoms with Gasteiger partial charge in [-0.15, -0.1) is 0 Å². The average Bonchev–Trinajstić information content (AvgIpc) is 3.57. The van der Waals surface area contributed by atoms with E-state index < -0.39 is 5.92 Å². The van der Waals surface area contributed by atoms with Gasteiger partial charge in [0.15, 0.2) is 5.13 Å². The number of anilines is 1. The minimum atomic E-state index is -0.709. The van der Waals surface area contributed by atoms with Gasteiger partial charge in [-0.2, -0.15) is 5.26 Å². The zero-order valence-electron chi connectivity index (χ0n) is 20.4. The highest BCUT2D eigenvalue weighted by atomic mass is 32.2. The lowest BCUT2D eigenvalue weighted by atomic mass is 9.85. The molecule has 1 saturated carbocycles. The molecule has 3 aromatic rings. The summed E-state index contributed by atoms with van der Waals surface area (Å²) in [5.74, 6) is -0.470. The van der Waals surface area contributed by atoms with Gasteiger partial charge in [-0.3, -0.25) is 14.9 Å². The van der Waals surface area contributed by atoms with Gasteiger partial charge < -0.3 is 15.1 Å². The summed E-state index contributed by atoms with van der Waals surface area (Å²) >= 11 is 2.66. The number of aromatic nitrogens is 1. The highest BCUT2D eigenvalue weighted by molar-refractivity contribution is 8.03. The van der Waals surface area contributed by atoms with E-state index in [1.807, 2.05) is 24.3 Å². The molecule has 1 fully saturated rings. The Morgan fingerprint density at radius 1 is 1.22 bits per heavy atom. The van der Waals surface area contributed by atoms with E-state index in [0.717, 1.165) is 35.9 Å². The summed E-state index contributed by atoms with van der Waals surface area (Å²) in [5, 5.41) is 20.4. The highest BCUT2D eigenvalue weighted by Gasteiger charge is 2.37. The number of benzene rings is 1. The monoisotopic (exact) mass is 533 g/mol. The van der Waals surface area contributed by atoms with Crippen LogP contribution in [-0.2, 0) is 9.59 Å². The Morgan fingerprint density at radius 2 is 2.03 bits per heavy atom. The maximum Gasteiger partial charge on any atom is 0.256 e. The number of nitrogens with one attached hydrogen (secondary N) is 3. The van der Waals surface area contributed by atoms with Crippen LogP contribution in [0.5, 0.6) is 0 Å². The van der Waals surface area contributed by atoms with E-state index in [1.165, 1.54) is 35.8 Å². The molecule has 3 N–H and O–H groups in total. The number of fused-ring (bicyclic) bond motifs is 1. The minimum Gasteiger partial charge on any atom is -0.468 e. The smallest absolute Gasteiger partial charge is 0.256 e. The predicted molar refractivity (Wildman–Crippen MR) is 146 cm³/mol. The number of allylic oxidation sites excluding steroid dienone is 2. The lowest BCUT2D eigenvalue weighted by Crippen LogP contribution is -2.37. The number of thioether (sulfide) groups is 1. The molecule has 3 heterocycles. The van der Waals surface area contributed by atoms with Crippen molar-refractivity contribution in [3.8, 4) is 6.07 Å². The first-order valence-corrected chi connectivity index (χ1v) is 14.1. The van der Waals surface area contributed by atoms with Crippen LogP contribution in [0.25, 0.3) is 10.2 Å². The molecular weight excluding hydrogens is 506 g/mol. The lowest BCUT2D eigenvalue weighted by Gasteiger charge is -2.28. The fourth-order valence-electron chi connectivity index (χ4n) is 4.81. The van der Waals surface area contributed by atoms with E-state index in [9.17, 15) is 14.9 Å². The predicted octanol–water partition coefficient (Wildman–Crippen LogP) is 5.41. The van der Waals surface area contributed by atoms with Crippen molar-refractivity contribution in [2.75, 3.05) is 11.1 Å². The Labute approximate surface area is 223 Å². The van der Waals surface area contributed by atoms with Crippen LogP contribution < -0.4 is 16.0 Å². The molecule has 10 heteroatoms. The maximum absolute atomic E-state index is 13.5. The van der Waals surface area contributed by atoms with Crippen molar-refractivity contribution in [3.05, 3.63) is 70.3 Å². The van der Waals surface area contributed by atoms with Crippen molar-refractivity contribution in [3.63, 3.8) is 0 Å². The minimum absolute atomic E-state index is 0.0564. The van der Waals surface area contributed by atoms with Crippen LogP contribution in [0.1, 0.15) is 50.7 Å². The summed E-state index contributed by atoms with van der Waals surface area (Å²) in [6.45, 7) is 1.79. The molecule has 0 unspecified atom stereocenters.